The molecule has 2 aliphatic rings. The van der Waals surface area contributed by atoms with E-state index in [0.29, 0.717) is 0 Å². The van der Waals surface area contributed by atoms with Gasteiger partial charge in [0.1, 0.15) is 6.10 Å². The average molecular weight is 265 g/mol. The third-order valence-electron chi connectivity index (χ3n) is 3.04. The smallest absolute Gasteiger partial charge is 0.377 e. The number of hydrogen-bond donors (Lipinski definition) is 2. The van der Waals surface area contributed by atoms with Crippen molar-refractivity contribution in [3.63, 3.8) is 0 Å². The van der Waals surface area contributed by atoms with Gasteiger partial charge in [-0.1, -0.05) is 30.3 Å². The van der Waals surface area contributed by atoms with E-state index in [1.807, 2.05) is 30.3 Å². The molecule has 3 rings (SSSR count). The standard InChI is InChI=1S/C13H12O6/c14-9-10(15)12(16)19-11(9)8-6-17-13(18-8)7-4-2-1-3-5-7/h1-5,8,11,13-15H,6H2/t8-,11+,13?/m0/s1/i/hD. The first-order valence-electron chi connectivity index (χ1n) is 6.21. The van der Waals surface area contributed by atoms with Crippen LogP contribution in [0, 0.1) is 0 Å². The van der Waals surface area contributed by atoms with Gasteiger partial charge in [0, 0.05) is 5.56 Å². The maximum Gasteiger partial charge on any atom is 0.377 e. The summed E-state index contributed by atoms with van der Waals surface area (Å²) in [6.07, 6.45) is -2.17. The van der Waals surface area contributed by atoms with Crippen molar-refractivity contribution in [3.05, 3.63) is 47.4 Å². The summed E-state index contributed by atoms with van der Waals surface area (Å²) in [5.74, 6) is -1.88. The van der Waals surface area contributed by atoms with Crippen LogP contribution in [0.3, 0.4) is 0 Å². The minimum Gasteiger partial charge on any atom is -0.505 e. The lowest BCUT2D eigenvalue weighted by Crippen LogP contribution is -2.30. The van der Waals surface area contributed by atoms with Gasteiger partial charge >= 0.3 is 5.97 Å². The average Bonchev–Trinajstić information content (AvgIpc) is 3.06. The second-order valence-corrected chi connectivity index (χ2v) is 4.29. The molecule has 1 fully saturated rings. The number of benzene rings is 1. The lowest BCUT2D eigenvalue weighted by molar-refractivity contribution is -0.149. The molecule has 0 saturated carbocycles. The van der Waals surface area contributed by atoms with Gasteiger partial charge in [0.25, 0.3) is 1.43 Å². The van der Waals surface area contributed by atoms with Crippen LogP contribution >= 0.6 is 0 Å². The van der Waals surface area contributed by atoms with Crippen LogP contribution in [0.2, 0.25) is 0 Å². The van der Waals surface area contributed by atoms with Crippen LogP contribution in [-0.4, -0.2) is 35.0 Å². The Morgan fingerprint density at radius 1 is 1.32 bits per heavy atom. The van der Waals surface area contributed by atoms with Gasteiger partial charge in [-0.3, -0.25) is 0 Å². The fourth-order valence-electron chi connectivity index (χ4n) is 2.07. The molecule has 2 heterocycles. The van der Waals surface area contributed by atoms with E-state index in [1.165, 1.54) is 0 Å². The molecule has 0 spiro atoms. The lowest BCUT2D eigenvalue weighted by atomic mass is 10.2. The molecule has 0 aromatic heterocycles. The summed E-state index contributed by atoms with van der Waals surface area (Å²) >= 11 is 0. The Kier molecular flexibility index (Phi) is 2.60. The van der Waals surface area contributed by atoms with Gasteiger partial charge in [-0.05, 0) is 0 Å². The van der Waals surface area contributed by atoms with Crippen LogP contribution in [0.25, 0.3) is 1.43 Å². The SMILES string of the molecule is [2H]OC1=C(O)C(=O)O[C@@H]1[C@@H]1COC(c2ccccc2)O1. The Bertz CT molecular complexity index is 543. The van der Waals surface area contributed by atoms with Crippen molar-refractivity contribution < 1.29 is 29.2 Å². The molecule has 6 heteroatoms. The molecule has 2 aliphatic heterocycles. The van der Waals surface area contributed by atoms with Crippen molar-refractivity contribution >= 4 is 5.97 Å². The normalized spacial score (nSPS) is 31.3. The minimum atomic E-state index is -0.964. The monoisotopic (exact) mass is 265 g/mol. The van der Waals surface area contributed by atoms with Gasteiger partial charge in [0.05, 0.1) is 6.61 Å². The van der Waals surface area contributed by atoms with Gasteiger partial charge in [-0.15, -0.1) is 0 Å². The lowest BCUT2D eigenvalue weighted by Gasteiger charge is -2.16. The molecule has 100 valence electrons. The number of carbonyl (C=O) groups is 1. The molecule has 1 aromatic rings. The zero-order chi connectivity index (χ0) is 14.1. The maximum absolute atomic E-state index is 11.3. The molecule has 0 radical (unpaired) electrons. The summed E-state index contributed by atoms with van der Waals surface area (Å²) in [7, 11) is 0. The van der Waals surface area contributed by atoms with E-state index in [1.54, 1.807) is 0 Å². The molecule has 1 unspecified atom stereocenters. The first kappa shape index (κ1) is 10.8. The molecule has 19 heavy (non-hydrogen) atoms. The zero-order valence-electron chi connectivity index (χ0n) is 10.8. The van der Waals surface area contributed by atoms with Crippen LogP contribution in [0.4, 0.5) is 0 Å². The number of cyclic esters (lactones) is 1. The van der Waals surface area contributed by atoms with Gasteiger partial charge in [-0.25, -0.2) is 4.79 Å². The van der Waals surface area contributed by atoms with E-state index < -0.39 is 30.2 Å². The molecule has 0 bridgehead atoms. The quantitative estimate of drug-likeness (QED) is 0.802. The van der Waals surface area contributed by atoms with E-state index in [2.05, 4.69) is 5.11 Å². The summed E-state index contributed by atoms with van der Waals surface area (Å²) in [5.41, 5.74) is 0.834. The molecule has 2 N–H and O–H groups in total. The Balaban J connectivity index is 1.74. The number of esters is 1. The molecule has 1 aromatic carbocycles. The predicted octanol–water partition coefficient (Wildman–Crippen LogP) is 1.35. The van der Waals surface area contributed by atoms with Crippen LogP contribution < -0.4 is 0 Å². The van der Waals surface area contributed by atoms with Crippen LogP contribution in [0.1, 0.15) is 11.9 Å². The van der Waals surface area contributed by atoms with Crippen LogP contribution in [-0.2, 0) is 19.0 Å². The van der Waals surface area contributed by atoms with E-state index in [-0.39, 0.29) is 12.4 Å². The number of hydrogen-bond acceptors (Lipinski definition) is 6. The van der Waals surface area contributed by atoms with Crippen LogP contribution in [0.15, 0.2) is 41.9 Å². The van der Waals surface area contributed by atoms with Crippen molar-refractivity contribution in [2.45, 2.75) is 18.5 Å². The number of ether oxygens (including phenoxy) is 3. The Morgan fingerprint density at radius 2 is 2.11 bits per heavy atom. The Morgan fingerprint density at radius 3 is 2.84 bits per heavy atom. The number of carbonyl (C=O) groups excluding carboxylic acids is 1. The third-order valence-corrected chi connectivity index (χ3v) is 3.04. The molecular formula is C13H12O6. The first-order valence-corrected chi connectivity index (χ1v) is 5.80. The van der Waals surface area contributed by atoms with Gasteiger partial charge in [0.2, 0.25) is 5.76 Å². The molecule has 0 aliphatic carbocycles. The van der Waals surface area contributed by atoms with E-state index in [0.717, 1.165) is 5.56 Å². The largest absolute Gasteiger partial charge is 0.505 e. The molecule has 6 nitrogen and oxygen atoms in total. The molecule has 0 amide bonds. The Hall–Kier alpha value is -2.05. The van der Waals surface area contributed by atoms with Crippen molar-refractivity contribution in [1.29, 1.82) is 1.43 Å². The minimum absolute atomic E-state index is 0.164. The topological polar surface area (TPSA) is 85.2 Å². The highest BCUT2D eigenvalue weighted by atomic mass is 16.7. The predicted molar refractivity (Wildman–Crippen MR) is 62.2 cm³/mol. The van der Waals surface area contributed by atoms with Crippen LogP contribution in [0.5, 0.6) is 0 Å². The second-order valence-electron chi connectivity index (χ2n) is 4.29. The van der Waals surface area contributed by atoms with E-state index in [4.69, 9.17) is 15.6 Å². The summed E-state index contributed by atoms with van der Waals surface area (Å²) in [4.78, 5) is 11.3. The van der Waals surface area contributed by atoms with Crippen molar-refractivity contribution in [2.24, 2.45) is 0 Å². The fraction of sp³-hybridized carbons (Fsp3) is 0.308. The highest BCUT2D eigenvalue weighted by Gasteiger charge is 2.44. The first-order chi connectivity index (χ1) is 9.70. The zero-order valence-corrected chi connectivity index (χ0v) is 9.81. The molecular weight excluding hydrogens is 252 g/mol. The highest BCUT2D eigenvalue weighted by molar-refractivity contribution is 5.89. The second kappa shape index (κ2) is 4.56. The van der Waals surface area contributed by atoms with Gasteiger partial charge in [-0.2, -0.15) is 0 Å². The summed E-state index contributed by atoms with van der Waals surface area (Å²) < 4.78 is 23.0. The summed E-state index contributed by atoms with van der Waals surface area (Å²) in [5, 5.41) is 13.7. The number of rotatable bonds is 3. The highest BCUT2D eigenvalue weighted by Crippen LogP contribution is 2.33. The molecule has 1 saturated heterocycles. The van der Waals surface area contributed by atoms with Crippen molar-refractivity contribution in [2.75, 3.05) is 6.61 Å². The van der Waals surface area contributed by atoms with E-state index >= 15 is 0 Å². The number of aliphatic hydroxyl groups excluding tert-OH is 2. The van der Waals surface area contributed by atoms with Gasteiger partial charge < -0.3 is 24.4 Å². The van der Waals surface area contributed by atoms with Crippen molar-refractivity contribution in [3.8, 4) is 0 Å². The van der Waals surface area contributed by atoms with Gasteiger partial charge in [0.15, 0.2) is 18.2 Å². The summed E-state index contributed by atoms with van der Waals surface area (Å²) in [6.45, 7) is 0.164. The fourth-order valence-corrected chi connectivity index (χ4v) is 2.07. The number of aliphatic hydroxyl groups is 2. The van der Waals surface area contributed by atoms with Crippen molar-refractivity contribution in [1.82, 2.24) is 0 Å². The third kappa shape index (κ3) is 2.05. The summed E-state index contributed by atoms with van der Waals surface area (Å²) in [6, 6.07) is 9.29. The van der Waals surface area contributed by atoms with E-state index in [9.17, 15) is 9.90 Å². The Labute approximate surface area is 110 Å². The maximum atomic E-state index is 11.3. The molecule has 3 atom stereocenters.